The molecule has 0 radical (unpaired) electrons. The highest BCUT2D eigenvalue weighted by Crippen LogP contribution is 2.38. The normalized spacial score (nSPS) is 19.1. The summed E-state index contributed by atoms with van der Waals surface area (Å²) in [6, 6.07) is 7.23. The maximum atomic E-state index is 5.96. The molecule has 1 saturated heterocycles. The van der Waals surface area contributed by atoms with E-state index in [2.05, 4.69) is 0 Å². The number of rotatable bonds is 1. The highest BCUT2D eigenvalue weighted by molar-refractivity contribution is 6.67. The van der Waals surface area contributed by atoms with Gasteiger partial charge < -0.3 is 4.90 Å². The fourth-order valence-electron chi connectivity index (χ4n) is 1.89. The van der Waals surface area contributed by atoms with Gasteiger partial charge in [0.2, 0.25) is 7.83 Å². The molecule has 0 saturated carbocycles. The Bertz CT molecular complexity index is 460. The Kier molecular flexibility index (Phi) is 5.96. The summed E-state index contributed by atoms with van der Waals surface area (Å²) in [7, 11) is 0. The third-order valence-electron chi connectivity index (χ3n) is 2.93. The zero-order valence-corrected chi connectivity index (χ0v) is 15.7. The van der Waals surface area contributed by atoms with Gasteiger partial charge in [-0.1, -0.05) is 81.2 Å². The number of hydrogen-bond acceptors (Lipinski definition) is 3. The Morgan fingerprint density at radius 2 is 1.14 bits per heavy atom. The van der Waals surface area contributed by atoms with E-state index in [1.54, 1.807) is 21.9 Å². The first-order chi connectivity index (χ1) is 9.57. The first-order valence-electron chi connectivity index (χ1n) is 5.71. The second kappa shape index (κ2) is 6.84. The average Bonchev–Trinajstić information content (AvgIpc) is 2.37. The van der Waals surface area contributed by atoms with Gasteiger partial charge in [0.1, 0.15) is 0 Å². The molecule has 1 aromatic rings. The minimum absolute atomic E-state index is 0.205. The van der Waals surface area contributed by atoms with Crippen molar-refractivity contribution in [3.8, 4) is 0 Å². The maximum Gasteiger partial charge on any atom is 0.250 e. The highest BCUT2D eigenvalue weighted by Gasteiger charge is 2.41. The second-order valence-electron chi connectivity index (χ2n) is 4.46. The first-order valence-corrected chi connectivity index (χ1v) is 8.36. The Morgan fingerprint density at radius 1 is 0.714 bits per heavy atom. The fraction of sp³-hybridized carbons (Fsp3) is 0.455. The van der Waals surface area contributed by atoms with Crippen molar-refractivity contribution >= 4 is 86.9 Å². The molecule has 118 valence electrons. The predicted octanol–water partition coefficient (Wildman–Crippen LogP) is 5.29. The van der Waals surface area contributed by atoms with E-state index < -0.39 is 7.83 Å². The molecular weight excluding hydrogens is 422 g/mol. The topological polar surface area (TPSA) is 9.72 Å². The predicted molar refractivity (Wildman–Crippen MR) is 92.8 cm³/mol. The fourth-order valence-corrected chi connectivity index (χ4v) is 2.66. The van der Waals surface area contributed by atoms with E-state index in [0.29, 0.717) is 18.4 Å². The molecule has 3 nitrogen and oxygen atoms in total. The average molecular weight is 432 g/mol. The van der Waals surface area contributed by atoms with Crippen LogP contribution in [-0.4, -0.2) is 37.6 Å². The molecule has 10 heteroatoms. The van der Waals surface area contributed by atoms with Gasteiger partial charge in [-0.15, -0.1) is 0 Å². The smallest absolute Gasteiger partial charge is 0.250 e. The van der Waals surface area contributed by atoms with Crippen molar-refractivity contribution in [1.82, 2.24) is 9.80 Å². The molecule has 0 aromatic heterocycles. The lowest BCUT2D eigenvalue weighted by atomic mass is 10.3. The summed E-state index contributed by atoms with van der Waals surface area (Å²) in [5.41, 5.74) is 0.873. The van der Waals surface area contributed by atoms with Crippen LogP contribution in [0.15, 0.2) is 24.3 Å². The van der Waals surface area contributed by atoms with Crippen molar-refractivity contribution in [2.24, 2.45) is 0 Å². The summed E-state index contributed by atoms with van der Waals surface area (Å²) in [4.78, 5) is 5.01. The van der Waals surface area contributed by atoms with Gasteiger partial charge in [0.05, 0.1) is 20.0 Å². The van der Waals surface area contributed by atoms with Crippen LogP contribution in [0.1, 0.15) is 0 Å². The lowest BCUT2D eigenvalue weighted by Gasteiger charge is -2.47. The minimum atomic E-state index is -1.61. The SMILES string of the molecule is Clc1ccc(N2CN(C(Cl)(Cl)Cl)CN(C(Cl)(Cl)Cl)C2)cc1. The molecule has 1 aliphatic heterocycles. The van der Waals surface area contributed by atoms with Crippen molar-refractivity contribution in [3.05, 3.63) is 29.3 Å². The lowest BCUT2D eigenvalue weighted by molar-refractivity contribution is 0.0832. The molecule has 21 heavy (non-hydrogen) atoms. The van der Waals surface area contributed by atoms with Gasteiger partial charge in [0.15, 0.2) is 0 Å². The molecule has 0 spiro atoms. The molecule has 2 rings (SSSR count). The van der Waals surface area contributed by atoms with Crippen molar-refractivity contribution < 1.29 is 0 Å². The molecule has 0 atom stereocenters. The van der Waals surface area contributed by atoms with Gasteiger partial charge >= 0.3 is 0 Å². The largest absolute Gasteiger partial charge is 0.345 e. The van der Waals surface area contributed by atoms with E-state index in [1.807, 2.05) is 17.0 Å². The van der Waals surface area contributed by atoms with Crippen LogP contribution in [0.4, 0.5) is 5.69 Å². The third kappa shape index (κ3) is 4.97. The van der Waals surface area contributed by atoms with Crippen LogP contribution < -0.4 is 4.90 Å². The van der Waals surface area contributed by atoms with Gasteiger partial charge in [-0.2, -0.15) is 0 Å². The second-order valence-corrected chi connectivity index (χ2v) is 9.34. The summed E-state index contributed by atoms with van der Waals surface area (Å²) in [6.07, 6.45) is 0. The van der Waals surface area contributed by atoms with Crippen molar-refractivity contribution in [2.45, 2.75) is 7.83 Å². The van der Waals surface area contributed by atoms with E-state index in [0.717, 1.165) is 5.69 Å². The summed E-state index contributed by atoms with van der Waals surface area (Å²) >= 11 is 41.6. The summed E-state index contributed by atoms with van der Waals surface area (Å²) in [6.45, 7) is 0.946. The van der Waals surface area contributed by atoms with Crippen LogP contribution in [0.3, 0.4) is 0 Å². The van der Waals surface area contributed by atoms with E-state index in [9.17, 15) is 0 Å². The Balaban J connectivity index is 2.26. The van der Waals surface area contributed by atoms with Crippen LogP contribution in [0.2, 0.25) is 5.02 Å². The molecule has 1 heterocycles. The standard InChI is InChI=1S/C11H10Cl7N3/c12-8-1-3-9(4-2-8)19-5-20(10(13,14)15)7-21(6-19)11(16,17)18/h1-4H,5-7H2. The van der Waals surface area contributed by atoms with Gasteiger partial charge in [0, 0.05) is 10.7 Å². The number of alkyl halides is 6. The quantitative estimate of drug-likeness (QED) is 0.441. The van der Waals surface area contributed by atoms with Crippen LogP contribution in [0.25, 0.3) is 0 Å². The van der Waals surface area contributed by atoms with Crippen molar-refractivity contribution in [2.75, 3.05) is 24.9 Å². The van der Waals surface area contributed by atoms with Crippen LogP contribution in [0.5, 0.6) is 0 Å². The molecule has 0 aliphatic carbocycles. The lowest BCUT2D eigenvalue weighted by Crippen LogP contribution is -2.61. The molecule has 0 N–H and O–H groups in total. The minimum Gasteiger partial charge on any atom is -0.345 e. The Labute approximate surface area is 158 Å². The zero-order chi connectivity index (χ0) is 15.8. The monoisotopic (exact) mass is 429 g/mol. The van der Waals surface area contributed by atoms with E-state index in [4.69, 9.17) is 81.2 Å². The van der Waals surface area contributed by atoms with Crippen LogP contribution in [0, 0.1) is 0 Å². The molecule has 0 unspecified atom stereocenters. The molecule has 0 amide bonds. The molecule has 0 bridgehead atoms. The van der Waals surface area contributed by atoms with Crippen molar-refractivity contribution in [1.29, 1.82) is 0 Å². The van der Waals surface area contributed by atoms with E-state index in [-0.39, 0.29) is 6.67 Å². The third-order valence-corrected chi connectivity index (χ3v) is 4.62. The number of halogens is 7. The zero-order valence-electron chi connectivity index (χ0n) is 10.4. The van der Waals surface area contributed by atoms with E-state index >= 15 is 0 Å². The van der Waals surface area contributed by atoms with Gasteiger partial charge in [0.25, 0.3) is 0 Å². The number of hydrogen-bond donors (Lipinski definition) is 0. The Morgan fingerprint density at radius 3 is 1.52 bits per heavy atom. The maximum absolute atomic E-state index is 5.96. The van der Waals surface area contributed by atoms with Crippen molar-refractivity contribution in [3.63, 3.8) is 0 Å². The van der Waals surface area contributed by atoms with Crippen LogP contribution >= 0.6 is 81.2 Å². The Hall–Kier alpha value is 0.970. The molecule has 1 aliphatic rings. The van der Waals surface area contributed by atoms with Gasteiger partial charge in [-0.05, 0) is 24.3 Å². The summed E-state index contributed by atoms with van der Waals surface area (Å²) in [5, 5.41) is 0.632. The summed E-state index contributed by atoms with van der Waals surface area (Å²) in [5.74, 6) is 0. The van der Waals surface area contributed by atoms with Gasteiger partial charge in [-0.3, -0.25) is 0 Å². The first kappa shape index (κ1) is 18.3. The molecular formula is C11H10Cl7N3. The van der Waals surface area contributed by atoms with Crippen LogP contribution in [-0.2, 0) is 0 Å². The number of anilines is 1. The highest BCUT2D eigenvalue weighted by atomic mass is 35.6. The van der Waals surface area contributed by atoms with E-state index in [1.165, 1.54) is 0 Å². The number of benzene rings is 1. The molecule has 1 aromatic carbocycles. The number of nitrogens with zero attached hydrogens (tertiary/aromatic N) is 3. The summed E-state index contributed by atoms with van der Waals surface area (Å²) < 4.78 is -3.22. The van der Waals surface area contributed by atoms with Gasteiger partial charge in [-0.25, -0.2) is 9.80 Å². The molecule has 1 fully saturated rings.